The second-order valence-corrected chi connectivity index (χ2v) is 5.78. The van der Waals surface area contributed by atoms with Crippen molar-refractivity contribution in [1.29, 1.82) is 0 Å². The van der Waals surface area contributed by atoms with Gasteiger partial charge in [-0.05, 0) is 45.3 Å². The van der Waals surface area contributed by atoms with E-state index in [1.807, 2.05) is 11.8 Å². The molecule has 1 aliphatic rings. The van der Waals surface area contributed by atoms with E-state index in [9.17, 15) is 0 Å². The molecule has 0 aromatic rings. The van der Waals surface area contributed by atoms with Gasteiger partial charge in [-0.15, -0.1) is 0 Å². The van der Waals surface area contributed by atoms with Crippen LogP contribution in [0, 0.1) is 0 Å². The standard InChI is InChI=1S/C13H30N4S/c1-18-13-12-17-10-3-6-15-8-7-14-4-2-5-16-9-11-17/h14-16H,2-13H2,1H3. The molecule has 0 bridgehead atoms. The lowest BCUT2D eigenvalue weighted by atomic mass is 10.3. The van der Waals surface area contributed by atoms with Crippen LogP contribution in [-0.2, 0) is 0 Å². The third-order valence-electron chi connectivity index (χ3n) is 3.23. The molecule has 18 heavy (non-hydrogen) atoms. The Morgan fingerprint density at radius 2 is 1.50 bits per heavy atom. The summed E-state index contributed by atoms with van der Waals surface area (Å²) >= 11 is 1.94. The molecule has 0 aromatic carbocycles. The Hall–Kier alpha value is 0.190. The molecular weight excluding hydrogens is 244 g/mol. The zero-order chi connectivity index (χ0) is 12.9. The van der Waals surface area contributed by atoms with Crippen molar-refractivity contribution in [2.24, 2.45) is 0 Å². The zero-order valence-electron chi connectivity index (χ0n) is 11.8. The molecule has 0 aromatic heterocycles. The molecule has 3 N–H and O–H groups in total. The molecule has 0 amide bonds. The van der Waals surface area contributed by atoms with Gasteiger partial charge in [-0.1, -0.05) is 0 Å². The van der Waals surface area contributed by atoms with E-state index in [1.165, 1.54) is 38.2 Å². The Morgan fingerprint density at radius 3 is 2.22 bits per heavy atom. The van der Waals surface area contributed by atoms with Crippen molar-refractivity contribution in [1.82, 2.24) is 20.9 Å². The summed E-state index contributed by atoms with van der Waals surface area (Å²) in [7, 11) is 0. The van der Waals surface area contributed by atoms with Gasteiger partial charge in [0.05, 0.1) is 0 Å². The Kier molecular flexibility index (Phi) is 11.0. The summed E-state index contributed by atoms with van der Waals surface area (Å²) < 4.78 is 0. The van der Waals surface area contributed by atoms with Gasteiger partial charge in [0.15, 0.2) is 0 Å². The SMILES string of the molecule is CSCCN1CCCNCCNCCCNCC1. The van der Waals surface area contributed by atoms with E-state index in [4.69, 9.17) is 0 Å². The fourth-order valence-electron chi connectivity index (χ4n) is 2.11. The summed E-state index contributed by atoms with van der Waals surface area (Å²) in [6.45, 7) is 10.4. The molecule has 4 nitrogen and oxygen atoms in total. The number of hydrogen-bond donors (Lipinski definition) is 3. The monoisotopic (exact) mass is 274 g/mol. The number of rotatable bonds is 3. The maximum Gasteiger partial charge on any atom is 0.0107 e. The second-order valence-electron chi connectivity index (χ2n) is 4.79. The van der Waals surface area contributed by atoms with Gasteiger partial charge in [0, 0.05) is 38.5 Å². The molecular formula is C13H30N4S. The molecule has 0 spiro atoms. The van der Waals surface area contributed by atoms with Crippen LogP contribution in [0.15, 0.2) is 0 Å². The van der Waals surface area contributed by atoms with Crippen LogP contribution in [0.1, 0.15) is 12.8 Å². The van der Waals surface area contributed by atoms with Crippen LogP contribution >= 0.6 is 11.8 Å². The summed E-state index contributed by atoms with van der Waals surface area (Å²) in [6, 6.07) is 0. The maximum absolute atomic E-state index is 3.54. The van der Waals surface area contributed by atoms with Crippen molar-refractivity contribution in [2.45, 2.75) is 12.8 Å². The highest BCUT2D eigenvalue weighted by atomic mass is 32.2. The van der Waals surface area contributed by atoms with Crippen LogP contribution in [0.3, 0.4) is 0 Å². The molecule has 1 rings (SSSR count). The van der Waals surface area contributed by atoms with Gasteiger partial charge in [-0.25, -0.2) is 0 Å². The van der Waals surface area contributed by atoms with Gasteiger partial charge >= 0.3 is 0 Å². The molecule has 0 aliphatic carbocycles. The van der Waals surface area contributed by atoms with Crippen molar-refractivity contribution >= 4 is 11.8 Å². The van der Waals surface area contributed by atoms with Crippen molar-refractivity contribution in [2.75, 3.05) is 70.9 Å². The molecule has 1 fully saturated rings. The lowest BCUT2D eigenvalue weighted by Gasteiger charge is -2.22. The molecule has 1 aliphatic heterocycles. The smallest absolute Gasteiger partial charge is 0.0107 e. The van der Waals surface area contributed by atoms with E-state index in [0.717, 1.165) is 39.3 Å². The van der Waals surface area contributed by atoms with E-state index < -0.39 is 0 Å². The van der Waals surface area contributed by atoms with Crippen molar-refractivity contribution in [3.05, 3.63) is 0 Å². The maximum atomic E-state index is 3.54. The Bertz CT molecular complexity index is 166. The van der Waals surface area contributed by atoms with Crippen LogP contribution in [0.2, 0.25) is 0 Å². The third-order valence-corrected chi connectivity index (χ3v) is 3.82. The molecule has 0 atom stereocenters. The summed E-state index contributed by atoms with van der Waals surface area (Å²) in [5.74, 6) is 1.25. The normalized spacial score (nSPS) is 22.5. The van der Waals surface area contributed by atoms with E-state index in [0.29, 0.717) is 0 Å². The molecule has 0 unspecified atom stereocenters. The predicted molar refractivity (Wildman–Crippen MR) is 82.7 cm³/mol. The minimum absolute atomic E-state index is 1.09. The Labute approximate surface area is 117 Å². The molecule has 0 radical (unpaired) electrons. The summed E-state index contributed by atoms with van der Waals surface area (Å²) in [5, 5.41) is 10.5. The summed E-state index contributed by atoms with van der Waals surface area (Å²) in [6.07, 6.45) is 4.68. The highest BCUT2D eigenvalue weighted by molar-refractivity contribution is 7.98. The molecule has 5 heteroatoms. The topological polar surface area (TPSA) is 39.3 Å². The quantitative estimate of drug-likeness (QED) is 0.686. The van der Waals surface area contributed by atoms with Crippen molar-refractivity contribution < 1.29 is 0 Å². The average Bonchev–Trinajstić information content (AvgIpc) is 2.39. The van der Waals surface area contributed by atoms with Gasteiger partial charge in [-0.3, -0.25) is 0 Å². The average molecular weight is 274 g/mol. The number of nitrogens with zero attached hydrogens (tertiary/aromatic N) is 1. The third kappa shape index (κ3) is 9.16. The first-order valence-electron chi connectivity index (χ1n) is 7.27. The van der Waals surface area contributed by atoms with Crippen LogP contribution in [0.5, 0.6) is 0 Å². The van der Waals surface area contributed by atoms with E-state index >= 15 is 0 Å². The van der Waals surface area contributed by atoms with E-state index in [-0.39, 0.29) is 0 Å². The molecule has 108 valence electrons. The van der Waals surface area contributed by atoms with Crippen molar-refractivity contribution in [3.8, 4) is 0 Å². The van der Waals surface area contributed by atoms with Gasteiger partial charge in [0.2, 0.25) is 0 Å². The first-order valence-corrected chi connectivity index (χ1v) is 8.66. The zero-order valence-corrected chi connectivity index (χ0v) is 12.7. The van der Waals surface area contributed by atoms with Gasteiger partial charge in [0.25, 0.3) is 0 Å². The second kappa shape index (κ2) is 12.2. The van der Waals surface area contributed by atoms with Crippen LogP contribution in [-0.4, -0.2) is 75.8 Å². The lowest BCUT2D eigenvalue weighted by molar-refractivity contribution is 0.283. The molecule has 1 heterocycles. The number of thioether (sulfide) groups is 1. The Morgan fingerprint density at radius 1 is 0.833 bits per heavy atom. The first-order chi connectivity index (χ1) is 8.93. The fourth-order valence-corrected chi connectivity index (χ4v) is 2.55. The van der Waals surface area contributed by atoms with Gasteiger partial charge in [-0.2, -0.15) is 11.8 Å². The number of nitrogens with one attached hydrogen (secondary N) is 3. The Balaban J connectivity index is 2.20. The van der Waals surface area contributed by atoms with Gasteiger partial charge < -0.3 is 20.9 Å². The fraction of sp³-hybridized carbons (Fsp3) is 1.00. The molecule has 1 saturated heterocycles. The summed E-state index contributed by atoms with van der Waals surface area (Å²) in [4.78, 5) is 2.59. The summed E-state index contributed by atoms with van der Waals surface area (Å²) in [5.41, 5.74) is 0. The highest BCUT2D eigenvalue weighted by Crippen LogP contribution is 1.97. The van der Waals surface area contributed by atoms with Crippen LogP contribution < -0.4 is 16.0 Å². The van der Waals surface area contributed by atoms with E-state index in [2.05, 4.69) is 27.1 Å². The predicted octanol–water partition coefficient (Wildman–Crippen LogP) is 0.214. The number of hydrogen-bond acceptors (Lipinski definition) is 5. The van der Waals surface area contributed by atoms with Crippen LogP contribution in [0.25, 0.3) is 0 Å². The minimum Gasteiger partial charge on any atom is -0.315 e. The largest absolute Gasteiger partial charge is 0.315 e. The van der Waals surface area contributed by atoms with Crippen molar-refractivity contribution in [3.63, 3.8) is 0 Å². The first kappa shape index (κ1) is 16.2. The lowest BCUT2D eigenvalue weighted by Crippen LogP contribution is -2.37. The van der Waals surface area contributed by atoms with Gasteiger partial charge in [0.1, 0.15) is 0 Å². The minimum atomic E-state index is 1.09. The highest BCUT2D eigenvalue weighted by Gasteiger charge is 2.04. The van der Waals surface area contributed by atoms with Crippen LogP contribution in [0.4, 0.5) is 0 Å². The molecule has 0 saturated carbocycles. The van der Waals surface area contributed by atoms with E-state index in [1.54, 1.807) is 0 Å².